The van der Waals surface area contributed by atoms with Crippen LogP contribution in [0, 0.1) is 6.92 Å². The summed E-state index contributed by atoms with van der Waals surface area (Å²) in [5, 5.41) is 4.65. The van der Waals surface area contributed by atoms with Crippen LogP contribution in [0.3, 0.4) is 0 Å². The van der Waals surface area contributed by atoms with Crippen LogP contribution < -0.4 is 5.32 Å². The van der Waals surface area contributed by atoms with Crippen molar-refractivity contribution in [1.29, 1.82) is 0 Å². The second-order valence-electron chi connectivity index (χ2n) is 5.05. The Morgan fingerprint density at radius 2 is 2.10 bits per heavy atom. The van der Waals surface area contributed by atoms with E-state index in [0.717, 1.165) is 17.2 Å². The van der Waals surface area contributed by atoms with Crippen LogP contribution in [0.2, 0.25) is 0 Å². The van der Waals surface area contributed by atoms with Gasteiger partial charge in [0.2, 0.25) is 0 Å². The van der Waals surface area contributed by atoms with Gasteiger partial charge in [-0.1, -0.05) is 12.1 Å². The van der Waals surface area contributed by atoms with Gasteiger partial charge < -0.3 is 9.88 Å². The maximum Gasteiger partial charge on any atom is 0.109 e. The number of benzene rings is 1. The van der Waals surface area contributed by atoms with Gasteiger partial charge in [-0.3, -0.25) is 0 Å². The normalized spacial score (nSPS) is 12.5. The van der Waals surface area contributed by atoms with Gasteiger partial charge in [-0.2, -0.15) is 0 Å². The fraction of sp³-hybridized carbons (Fsp3) is 0.250. The quantitative estimate of drug-likeness (QED) is 0.784. The molecule has 0 radical (unpaired) electrons. The number of hydrogen-bond acceptors (Lipinski definition) is 4. The number of hydrogen-bond donors (Lipinski definition) is 1. The first-order chi connectivity index (χ1) is 10.2. The Hall–Kier alpha value is -1.98. The molecule has 1 atom stereocenters. The van der Waals surface area contributed by atoms with Crippen LogP contribution >= 0.6 is 11.3 Å². The first-order valence-corrected chi connectivity index (χ1v) is 7.77. The minimum Gasteiger partial charge on any atom is -0.306 e. The smallest absolute Gasteiger partial charge is 0.109 e. The third-order valence-electron chi connectivity index (χ3n) is 3.36. The molecule has 0 aliphatic rings. The van der Waals surface area contributed by atoms with Gasteiger partial charge in [0.1, 0.15) is 5.01 Å². The predicted molar refractivity (Wildman–Crippen MR) is 85.7 cm³/mol. The highest BCUT2D eigenvalue weighted by Crippen LogP contribution is 2.19. The lowest BCUT2D eigenvalue weighted by Gasteiger charge is -2.11. The van der Waals surface area contributed by atoms with Crippen molar-refractivity contribution in [3.63, 3.8) is 0 Å². The molecular formula is C16H18N4S. The lowest BCUT2D eigenvalue weighted by molar-refractivity contribution is 0.572. The first-order valence-electron chi connectivity index (χ1n) is 6.95. The molecule has 2 heterocycles. The average Bonchev–Trinajstić information content (AvgIpc) is 3.16. The molecule has 3 aromatic rings. The van der Waals surface area contributed by atoms with Crippen LogP contribution in [0.4, 0.5) is 0 Å². The lowest BCUT2D eigenvalue weighted by atomic mass is 10.2. The highest BCUT2D eigenvalue weighted by atomic mass is 32.1. The van der Waals surface area contributed by atoms with Gasteiger partial charge in [0, 0.05) is 35.7 Å². The van der Waals surface area contributed by atoms with Crippen molar-refractivity contribution in [2.24, 2.45) is 0 Å². The Kier molecular flexibility index (Phi) is 4.13. The molecule has 1 N–H and O–H groups in total. The molecule has 1 aromatic carbocycles. The van der Waals surface area contributed by atoms with E-state index >= 15 is 0 Å². The summed E-state index contributed by atoms with van der Waals surface area (Å²) in [6.07, 6.45) is 7.46. The van der Waals surface area contributed by atoms with Crippen molar-refractivity contribution in [1.82, 2.24) is 19.9 Å². The number of rotatable bonds is 5. The Morgan fingerprint density at radius 3 is 2.71 bits per heavy atom. The van der Waals surface area contributed by atoms with Gasteiger partial charge in [0.15, 0.2) is 0 Å². The highest BCUT2D eigenvalue weighted by molar-refractivity contribution is 7.11. The number of aromatic nitrogens is 3. The van der Waals surface area contributed by atoms with Gasteiger partial charge in [-0.05, 0) is 31.5 Å². The zero-order chi connectivity index (χ0) is 14.7. The molecule has 1 unspecified atom stereocenters. The average molecular weight is 298 g/mol. The molecule has 0 aliphatic carbocycles. The molecule has 0 spiro atoms. The summed E-state index contributed by atoms with van der Waals surface area (Å²) in [6, 6.07) is 8.77. The summed E-state index contributed by atoms with van der Waals surface area (Å²) in [6.45, 7) is 5.07. The van der Waals surface area contributed by atoms with Crippen molar-refractivity contribution in [2.75, 3.05) is 0 Å². The standard InChI is InChI=1S/C16H18N4S/c1-12-9-19-16(21-12)13(2)18-10-14-3-5-15(6-4-14)20-8-7-17-11-20/h3-9,11,13,18H,10H2,1-2H3. The van der Waals surface area contributed by atoms with Crippen LogP contribution in [0.1, 0.15) is 28.4 Å². The summed E-state index contributed by atoms with van der Waals surface area (Å²) in [5.41, 5.74) is 2.39. The van der Waals surface area contributed by atoms with Crippen molar-refractivity contribution >= 4 is 11.3 Å². The molecule has 0 aliphatic heterocycles. The van der Waals surface area contributed by atoms with E-state index in [-0.39, 0.29) is 6.04 Å². The van der Waals surface area contributed by atoms with Crippen LogP contribution in [0.15, 0.2) is 49.2 Å². The minimum absolute atomic E-state index is 0.275. The number of thiazole rings is 1. The fourth-order valence-electron chi connectivity index (χ4n) is 2.13. The molecule has 5 heteroatoms. The lowest BCUT2D eigenvalue weighted by Crippen LogP contribution is -2.17. The van der Waals surface area contributed by atoms with E-state index in [9.17, 15) is 0 Å². The summed E-state index contributed by atoms with van der Waals surface area (Å²) >= 11 is 1.75. The molecule has 0 fully saturated rings. The third-order valence-corrected chi connectivity index (χ3v) is 4.46. The summed E-state index contributed by atoms with van der Waals surface area (Å²) < 4.78 is 2.00. The highest BCUT2D eigenvalue weighted by Gasteiger charge is 2.08. The van der Waals surface area contributed by atoms with E-state index in [1.54, 1.807) is 23.9 Å². The van der Waals surface area contributed by atoms with E-state index in [1.165, 1.54) is 10.4 Å². The molecule has 3 rings (SSSR count). The van der Waals surface area contributed by atoms with Crippen molar-refractivity contribution in [2.45, 2.75) is 26.4 Å². The van der Waals surface area contributed by atoms with Gasteiger partial charge >= 0.3 is 0 Å². The largest absolute Gasteiger partial charge is 0.306 e. The predicted octanol–water partition coefficient (Wildman–Crippen LogP) is 3.49. The maximum absolute atomic E-state index is 4.42. The van der Waals surface area contributed by atoms with Crippen LogP contribution in [-0.2, 0) is 6.54 Å². The maximum atomic E-state index is 4.42. The second kappa shape index (κ2) is 6.20. The van der Waals surface area contributed by atoms with E-state index in [2.05, 4.69) is 53.4 Å². The van der Waals surface area contributed by atoms with Crippen molar-refractivity contribution in [3.05, 3.63) is 64.6 Å². The van der Waals surface area contributed by atoms with Crippen molar-refractivity contribution < 1.29 is 0 Å². The minimum atomic E-state index is 0.275. The molecule has 4 nitrogen and oxygen atoms in total. The Labute approximate surface area is 128 Å². The molecule has 108 valence electrons. The summed E-state index contributed by atoms with van der Waals surface area (Å²) in [5.74, 6) is 0. The Morgan fingerprint density at radius 1 is 1.29 bits per heavy atom. The molecule has 0 saturated carbocycles. The SMILES string of the molecule is Cc1cnc(C(C)NCc2ccc(-n3ccnc3)cc2)s1. The molecule has 0 bridgehead atoms. The zero-order valence-corrected chi connectivity index (χ0v) is 13.0. The van der Waals surface area contributed by atoms with Gasteiger partial charge in [-0.15, -0.1) is 11.3 Å². The molecule has 21 heavy (non-hydrogen) atoms. The topological polar surface area (TPSA) is 42.7 Å². The van der Waals surface area contributed by atoms with Gasteiger partial charge in [0.05, 0.1) is 12.4 Å². The molecule has 0 saturated heterocycles. The summed E-state index contributed by atoms with van der Waals surface area (Å²) in [4.78, 5) is 9.74. The van der Waals surface area contributed by atoms with Gasteiger partial charge in [-0.25, -0.2) is 9.97 Å². The Balaban J connectivity index is 1.61. The van der Waals surface area contributed by atoms with Crippen LogP contribution in [0.25, 0.3) is 5.69 Å². The third kappa shape index (κ3) is 3.37. The molecule has 0 amide bonds. The van der Waals surface area contributed by atoms with E-state index in [1.807, 2.05) is 17.0 Å². The van der Waals surface area contributed by atoms with Gasteiger partial charge in [0.25, 0.3) is 0 Å². The first kappa shape index (κ1) is 14.0. The number of nitrogens with one attached hydrogen (secondary N) is 1. The monoisotopic (exact) mass is 298 g/mol. The van der Waals surface area contributed by atoms with E-state index in [0.29, 0.717) is 0 Å². The van der Waals surface area contributed by atoms with Crippen molar-refractivity contribution in [3.8, 4) is 5.69 Å². The summed E-state index contributed by atoms with van der Waals surface area (Å²) in [7, 11) is 0. The Bertz CT molecular complexity index is 685. The molecular weight excluding hydrogens is 280 g/mol. The molecule has 2 aromatic heterocycles. The zero-order valence-electron chi connectivity index (χ0n) is 12.2. The fourth-order valence-corrected chi connectivity index (χ4v) is 2.93. The number of nitrogens with zero attached hydrogens (tertiary/aromatic N) is 3. The van der Waals surface area contributed by atoms with Crippen LogP contribution in [-0.4, -0.2) is 14.5 Å². The number of aryl methyl sites for hydroxylation is 1. The van der Waals surface area contributed by atoms with E-state index in [4.69, 9.17) is 0 Å². The second-order valence-corrected chi connectivity index (χ2v) is 6.31. The van der Waals surface area contributed by atoms with E-state index < -0.39 is 0 Å². The van der Waals surface area contributed by atoms with Crippen LogP contribution in [0.5, 0.6) is 0 Å². The number of imidazole rings is 1.